The summed E-state index contributed by atoms with van der Waals surface area (Å²) in [6.07, 6.45) is 0. The van der Waals surface area contributed by atoms with Gasteiger partial charge in [0.05, 0.1) is 17.1 Å². The maximum atomic E-state index is 12.4. The molecule has 0 unspecified atom stereocenters. The van der Waals surface area contributed by atoms with E-state index in [4.69, 9.17) is 11.6 Å². The van der Waals surface area contributed by atoms with Gasteiger partial charge in [-0.2, -0.15) is 0 Å². The van der Waals surface area contributed by atoms with Crippen LogP contribution in [0.5, 0.6) is 0 Å². The van der Waals surface area contributed by atoms with Crippen molar-refractivity contribution in [2.45, 2.75) is 25.9 Å². The highest BCUT2D eigenvalue weighted by Gasteiger charge is 2.18. The summed E-state index contributed by atoms with van der Waals surface area (Å²) in [4.78, 5) is 29.0. The van der Waals surface area contributed by atoms with Crippen molar-refractivity contribution in [1.29, 1.82) is 0 Å². The molecule has 2 aromatic carbocycles. The quantitative estimate of drug-likeness (QED) is 0.564. The largest absolute Gasteiger partial charge is 0.325 e. The number of hydrogen-bond donors (Lipinski definition) is 4. The van der Waals surface area contributed by atoms with Crippen molar-refractivity contribution < 1.29 is 4.79 Å². The zero-order chi connectivity index (χ0) is 18.0. The molecule has 4 N–H and O–H groups in total. The van der Waals surface area contributed by atoms with Gasteiger partial charge < -0.3 is 15.3 Å². The molecule has 0 bridgehead atoms. The number of aromatic amines is 2. The average Bonchev–Trinajstić information content (AvgIpc) is 2.94. The van der Waals surface area contributed by atoms with Gasteiger partial charge in [-0.3, -0.25) is 10.1 Å². The standard InChI is InChI=1S/C18H19ClN4O2/c1-10(13-5-3-4-6-14(13)19)20-11(2)17(24)21-12-7-8-15-16(9-12)23-18(25)22-15/h3-11,20H,1-2H3,(H,21,24)(H2,22,23,25)/t10-,11-/m0/s1. The van der Waals surface area contributed by atoms with E-state index in [1.807, 2.05) is 31.2 Å². The highest BCUT2D eigenvalue weighted by Crippen LogP contribution is 2.22. The van der Waals surface area contributed by atoms with Crippen LogP contribution in [0.4, 0.5) is 5.69 Å². The number of amides is 1. The molecule has 0 saturated heterocycles. The molecule has 0 fully saturated rings. The number of H-pyrrole nitrogens is 2. The molecule has 1 heterocycles. The minimum Gasteiger partial charge on any atom is -0.325 e. The van der Waals surface area contributed by atoms with E-state index in [1.54, 1.807) is 25.1 Å². The first-order valence-electron chi connectivity index (χ1n) is 7.97. The van der Waals surface area contributed by atoms with Crippen molar-refractivity contribution >= 4 is 34.2 Å². The molecule has 0 aliphatic heterocycles. The summed E-state index contributed by atoms with van der Waals surface area (Å²) in [5.74, 6) is -0.170. The molecular formula is C18H19ClN4O2. The zero-order valence-electron chi connectivity index (χ0n) is 13.9. The lowest BCUT2D eigenvalue weighted by atomic mass is 10.1. The minimum absolute atomic E-state index is 0.0713. The van der Waals surface area contributed by atoms with Crippen LogP contribution < -0.4 is 16.3 Å². The molecular weight excluding hydrogens is 340 g/mol. The van der Waals surface area contributed by atoms with E-state index in [9.17, 15) is 9.59 Å². The molecule has 0 radical (unpaired) electrons. The van der Waals surface area contributed by atoms with Gasteiger partial charge in [-0.05, 0) is 43.7 Å². The number of hydrogen-bond acceptors (Lipinski definition) is 3. The summed E-state index contributed by atoms with van der Waals surface area (Å²) in [5, 5.41) is 6.75. The third-order valence-corrected chi connectivity index (χ3v) is 4.39. The normalized spacial score (nSPS) is 13.6. The Morgan fingerprint density at radius 2 is 1.80 bits per heavy atom. The summed E-state index contributed by atoms with van der Waals surface area (Å²) in [6.45, 7) is 3.75. The smallest absolute Gasteiger partial charge is 0.323 e. The molecule has 3 aromatic rings. The molecule has 7 heteroatoms. The van der Waals surface area contributed by atoms with E-state index in [0.29, 0.717) is 21.7 Å². The van der Waals surface area contributed by atoms with Gasteiger partial charge in [0.1, 0.15) is 0 Å². The third-order valence-electron chi connectivity index (χ3n) is 4.05. The SMILES string of the molecule is C[C@H](N[C@@H](C)c1ccccc1Cl)C(=O)Nc1ccc2[nH]c(=O)[nH]c2c1. The highest BCUT2D eigenvalue weighted by atomic mass is 35.5. The summed E-state index contributed by atoms with van der Waals surface area (Å²) in [7, 11) is 0. The minimum atomic E-state index is -0.424. The molecule has 0 aliphatic rings. The molecule has 0 spiro atoms. The number of carbonyl (C=O) groups is 1. The monoisotopic (exact) mass is 358 g/mol. The van der Waals surface area contributed by atoms with Crippen LogP contribution in [0.1, 0.15) is 25.5 Å². The number of rotatable bonds is 5. The number of benzene rings is 2. The first-order chi connectivity index (χ1) is 11.9. The second-order valence-corrected chi connectivity index (χ2v) is 6.37. The Bertz CT molecular complexity index is 963. The Balaban J connectivity index is 1.67. The number of anilines is 1. The van der Waals surface area contributed by atoms with E-state index in [0.717, 1.165) is 5.56 Å². The van der Waals surface area contributed by atoms with Gasteiger partial charge in [0, 0.05) is 16.8 Å². The van der Waals surface area contributed by atoms with E-state index in [2.05, 4.69) is 20.6 Å². The molecule has 0 aliphatic carbocycles. The fourth-order valence-electron chi connectivity index (χ4n) is 2.73. The van der Waals surface area contributed by atoms with E-state index in [-0.39, 0.29) is 17.6 Å². The number of nitrogens with one attached hydrogen (secondary N) is 4. The molecule has 130 valence electrons. The Labute approximate surface area is 149 Å². The summed E-state index contributed by atoms with van der Waals surface area (Å²) in [6, 6.07) is 12.3. The predicted octanol–water partition coefficient (Wildman–Crippen LogP) is 3.19. The summed E-state index contributed by atoms with van der Waals surface area (Å²) < 4.78 is 0. The fourth-order valence-corrected chi connectivity index (χ4v) is 3.03. The molecule has 25 heavy (non-hydrogen) atoms. The molecule has 6 nitrogen and oxygen atoms in total. The van der Waals surface area contributed by atoms with Crippen LogP contribution >= 0.6 is 11.6 Å². The Morgan fingerprint density at radius 3 is 2.56 bits per heavy atom. The highest BCUT2D eigenvalue weighted by molar-refractivity contribution is 6.31. The summed E-state index contributed by atoms with van der Waals surface area (Å²) in [5.41, 5.74) is 2.62. The van der Waals surface area contributed by atoms with Crippen molar-refractivity contribution in [3.63, 3.8) is 0 Å². The van der Waals surface area contributed by atoms with Gasteiger partial charge in [0.2, 0.25) is 5.91 Å². The van der Waals surface area contributed by atoms with Crippen LogP contribution in [0.15, 0.2) is 47.3 Å². The van der Waals surface area contributed by atoms with Gasteiger partial charge in [-0.1, -0.05) is 29.8 Å². The summed E-state index contributed by atoms with van der Waals surface area (Å²) >= 11 is 6.20. The number of fused-ring (bicyclic) bond motifs is 1. The fraction of sp³-hybridized carbons (Fsp3) is 0.222. The lowest BCUT2D eigenvalue weighted by molar-refractivity contribution is -0.117. The van der Waals surface area contributed by atoms with Crippen LogP contribution in [0, 0.1) is 0 Å². The second kappa shape index (κ2) is 7.13. The van der Waals surface area contributed by atoms with Crippen molar-refractivity contribution in [1.82, 2.24) is 15.3 Å². The topological polar surface area (TPSA) is 89.8 Å². The van der Waals surface area contributed by atoms with Crippen molar-refractivity contribution in [3.8, 4) is 0 Å². The molecule has 2 atom stereocenters. The van der Waals surface area contributed by atoms with Gasteiger partial charge >= 0.3 is 5.69 Å². The number of halogens is 1. The van der Waals surface area contributed by atoms with E-state index < -0.39 is 6.04 Å². The molecule has 1 amide bonds. The van der Waals surface area contributed by atoms with Crippen LogP contribution in [0.25, 0.3) is 11.0 Å². The first-order valence-corrected chi connectivity index (χ1v) is 8.35. The number of imidazole rings is 1. The van der Waals surface area contributed by atoms with Gasteiger partial charge in [-0.15, -0.1) is 0 Å². The Hall–Kier alpha value is -2.57. The third kappa shape index (κ3) is 3.92. The van der Waals surface area contributed by atoms with Crippen molar-refractivity contribution in [2.75, 3.05) is 5.32 Å². The van der Waals surface area contributed by atoms with Crippen LogP contribution in [0.3, 0.4) is 0 Å². The molecule has 1 aromatic heterocycles. The van der Waals surface area contributed by atoms with Crippen molar-refractivity contribution in [2.24, 2.45) is 0 Å². The molecule has 3 rings (SSSR count). The Morgan fingerprint density at radius 1 is 1.08 bits per heavy atom. The predicted molar refractivity (Wildman–Crippen MR) is 100 cm³/mol. The van der Waals surface area contributed by atoms with Gasteiger partial charge in [-0.25, -0.2) is 4.79 Å². The Kier molecular flexibility index (Phi) is 4.92. The van der Waals surface area contributed by atoms with Crippen LogP contribution in [-0.4, -0.2) is 21.9 Å². The molecule has 0 saturated carbocycles. The van der Waals surface area contributed by atoms with Crippen LogP contribution in [0.2, 0.25) is 5.02 Å². The maximum Gasteiger partial charge on any atom is 0.323 e. The first kappa shape index (κ1) is 17.3. The van der Waals surface area contributed by atoms with E-state index >= 15 is 0 Å². The second-order valence-electron chi connectivity index (χ2n) is 5.96. The van der Waals surface area contributed by atoms with E-state index in [1.165, 1.54) is 0 Å². The van der Waals surface area contributed by atoms with Crippen molar-refractivity contribution in [3.05, 3.63) is 63.5 Å². The zero-order valence-corrected chi connectivity index (χ0v) is 14.6. The lowest BCUT2D eigenvalue weighted by Crippen LogP contribution is -2.39. The van der Waals surface area contributed by atoms with Crippen LogP contribution in [-0.2, 0) is 4.79 Å². The maximum absolute atomic E-state index is 12.4. The average molecular weight is 359 g/mol. The van der Waals surface area contributed by atoms with Gasteiger partial charge in [0.15, 0.2) is 0 Å². The number of carbonyl (C=O) groups excluding carboxylic acids is 1. The van der Waals surface area contributed by atoms with Gasteiger partial charge in [0.25, 0.3) is 0 Å². The number of aromatic nitrogens is 2. The lowest BCUT2D eigenvalue weighted by Gasteiger charge is -2.20.